The van der Waals surface area contributed by atoms with E-state index in [4.69, 9.17) is 11.5 Å². The lowest BCUT2D eigenvalue weighted by Crippen LogP contribution is -2.39. The first kappa shape index (κ1) is 14.5. The number of halogens is 1. The van der Waals surface area contributed by atoms with Crippen LogP contribution in [-0.4, -0.2) is 22.8 Å². The third kappa shape index (κ3) is 4.00. The van der Waals surface area contributed by atoms with Gasteiger partial charge in [-0.1, -0.05) is 0 Å². The zero-order valence-electron chi connectivity index (χ0n) is 9.63. The van der Waals surface area contributed by atoms with Gasteiger partial charge >= 0.3 is 5.69 Å². The SMILES string of the molecule is NC(=O)C[C@H](N)C(=O)Nc1ccc([N+](=O)[O-])c(F)c1. The van der Waals surface area contributed by atoms with Crippen LogP contribution in [0.5, 0.6) is 0 Å². The molecule has 0 heterocycles. The minimum atomic E-state index is -1.17. The molecule has 1 rings (SSSR count). The Balaban J connectivity index is 2.78. The fraction of sp³-hybridized carbons (Fsp3) is 0.200. The van der Waals surface area contributed by atoms with Crippen LogP contribution in [0.15, 0.2) is 18.2 Å². The molecule has 0 unspecified atom stereocenters. The standard InChI is InChI=1S/C10H11FN4O4/c11-6-3-5(1-2-8(6)15(18)19)14-10(17)7(12)4-9(13)16/h1-3,7H,4,12H2,(H2,13,16)(H,14,17)/t7-/m0/s1. The van der Waals surface area contributed by atoms with Crippen molar-refractivity contribution in [3.8, 4) is 0 Å². The molecule has 2 amide bonds. The number of benzene rings is 1. The molecule has 8 nitrogen and oxygen atoms in total. The maximum Gasteiger partial charge on any atom is 0.304 e. The highest BCUT2D eigenvalue weighted by Gasteiger charge is 2.18. The molecule has 0 bridgehead atoms. The first-order valence-electron chi connectivity index (χ1n) is 5.10. The highest BCUT2D eigenvalue weighted by Crippen LogP contribution is 2.20. The van der Waals surface area contributed by atoms with E-state index in [-0.39, 0.29) is 12.1 Å². The third-order valence-electron chi connectivity index (χ3n) is 2.17. The number of primary amides is 1. The molecule has 0 aliphatic carbocycles. The van der Waals surface area contributed by atoms with Crippen molar-refractivity contribution in [2.45, 2.75) is 12.5 Å². The fourth-order valence-electron chi connectivity index (χ4n) is 1.28. The zero-order valence-corrected chi connectivity index (χ0v) is 9.63. The van der Waals surface area contributed by atoms with Crippen molar-refractivity contribution >= 4 is 23.2 Å². The Morgan fingerprint density at radius 2 is 2.11 bits per heavy atom. The second-order valence-corrected chi connectivity index (χ2v) is 3.69. The number of nitrogens with two attached hydrogens (primary N) is 2. The summed E-state index contributed by atoms with van der Waals surface area (Å²) in [5.41, 5.74) is 9.52. The summed E-state index contributed by atoms with van der Waals surface area (Å²) < 4.78 is 13.3. The smallest absolute Gasteiger partial charge is 0.304 e. The van der Waals surface area contributed by atoms with Crippen LogP contribution < -0.4 is 16.8 Å². The van der Waals surface area contributed by atoms with Gasteiger partial charge in [-0.2, -0.15) is 4.39 Å². The van der Waals surface area contributed by atoms with E-state index in [0.717, 1.165) is 18.2 Å². The van der Waals surface area contributed by atoms with Gasteiger partial charge < -0.3 is 16.8 Å². The first-order valence-corrected chi connectivity index (χ1v) is 5.10. The maximum atomic E-state index is 13.3. The lowest BCUT2D eigenvalue weighted by atomic mass is 10.2. The molecule has 1 atom stereocenters. The Morgan fingerprint density at radius 1 is 1.47 bits per heavy atom. The summed E-state index contributed by atoms with van der Waals surface area (Å²) in [5, 5.41) is 12.6. The summed E-state index contributed by atoms with van der Waals surface area (Å²) >= 11 is 0. The molecule has 19 heavy (non-hydrogen) atoms. The fourth-order valence-corrected chi connectivity index (χ4v) is 1.28. The second-order valence-electron chi connectivity index (χ2n) is 3.69. The van der Waals surface area contributed by atoms with E-state index in [1.165, 1.54) is 0 Å². The topological polar surface area (TPSA) is 141 Å². The molecule has 0 saturated carbocycles. The molecule has 102 valence electrons. The van der Waals surface area contributed by atoms with Crippen LogP contribution in [0, 0.1) is 15.9 Å². The number of nitrogens with one attached hydrogen (secondary N) is 1. The lowest BCUT2D eigenvalue weighted by Gasteiger charge is -2.10. The van der Waals surface area contributed by atoms with Crippen molar-refractivity contribution in [3.63, 3.8) is 0 Å². The van der Waals surface area contributed by atoms with Gasteiger partial charge in [0.05, 0.1) is 17.4 Å². The Hall–Kier alpha value is -2.55. The van der Waals surface area contributed by atoms with Crippen LogP contribution in [0.2, 0.25) is 0 Å². The maximum absolute atomic E-state index is 13.3. The molecule has 1 aromatic carbocycles. The summed E-state index contributed by atoms with van der Waals surface area (Å²) in [6.07, 6.45) is -0.360. The van der Waals surface area contributed by atoms with Crippen molar-refractivity contribution < 1.29 is 18.9 Å². The molecule has 0 spiro atoms. The largest absolute Gasteiger partial charge is 0.370 e. The van der Waals surface area contributed by atoms with Gasteiger partial charge in [-0.25, -0.2) is 0 Å². The molecule has 5 N–H and O–H groups in total. The predicted molar refractivity (Wildman–Crippen MR) is 63.5 cm³/mol. The second kappa shape index (κ2) is 5.87. The average molecular weight is 270 g/mol. The van der Waals surface area contributed by atoms with E-state index in [0.29, 0.717) is 0 Å². The van der Waals surface area contributed by atoms with Crippen molar-refractivity contribution in [2.75, 3.05) is 5.32 Å². The number of nitro groups is 1. The van der Waals surface area contributed by atoms with Crippen molar-refractivity contribution in [1.82, 2.24) is 0 Å². The van der Waals surface area contributed by atoms with Crippen LogP contribution in [0.25, 0.3) is 0 Å². The minimum absolute atomic E-state index is 0.00646. The van der Waals surface area contributed by atoms with Gasteiger partial charge in [0.15, 0.2) is 0 Å². The van der Waals surface area contributed by atoms with E-state index >= 15 is 0 Å². The van der Waals surface area contributed by atoms with Gasteiger partial charge in [0.1, 0.15) is 0 Å². The highest BCUT2D eigenvalue weighted by molar-refractivity contribution is 5.97. The van der Waals surface area contributed by atoms with E-state index < -0.39 is 34.3 Å². The number of amides is 2. The van der Waals surface area contributed by atoms with Gasteiger partial charge in [0.25, 0.3) is 0 Å². The third-order valence-corrected chi connectivity index (χ3v) is 2.17. The summed E-state index contributed by atoms with van der Waals surface area (Å²) in [5.74, 6) is -2.59. The van der Waals surface area contributed by atoms with Gasteiger partial charge in [-0.05, 0) is 6.07 Å². The lowest BCUT2D eigenvalue weighted by molar-refractivity contribution is -0.387. The van der Waals surface area contributed by atoms with E-state index in [9.17, 15) is 24.1 Å². The molecule has 0 radical (unpaired) electrons. The van der Waals surface area contributed by atoms with Gasteiger partial charge in [0.2, 0.25) is 17.6 Å². The summed E-state index contributed by atoms with van der Waals surface area (Å²) in [7, 11) is 0. The van der Waals surface area contributed by atoms with Crippen molar-refractivity contribution in [3.05, 3.63) is 34.1 Å². The number of carbonyl (C=O) groups excluding carboxylic acids is 2. The van der Waals surface area contributed by atoms with Gasteiger partial charge in [0, 0.05) is 17.8 Å². The highest BCUT2D eigenvalue weighted by atomic mass is 19.1. The molecular weight excluding hydrogens is 259 g/mol. The number of nitrogens with zero attached hydrogens (tertiary/aromatic N) is 1. The van der Waals surface area contributed by atoms with Gasteiger partial charge in [-0.15, -0.1) is 0 Å². The predicted octanol–water partition coefficient (Wildman–Crippen LogP) is -0.125. The monoisotopic (exact) mass is 270 g/mol. The Kier molecular flexibility index (Phi) is 4.48. The van der Waals surface area contributed by atoms with E-state index in [2.05, 4.69) is 5.32 Å². The van der Waals surface area contributed by atoms with Crippen LogP contribution in [0.4, 0.5) is 15.8 Å². The van der Waals surface area contributed by atoms with Gasteiger partial charge in [-0.3, -0.25) is 19.7 Å². The summed E-state index contributed by atoms with van der Waals surface area (Å²) in [6.45, 7) is 0. The zero-order chi connectivity index (χ0) is 14.6. The van der Waals surface area contributed by atoms with E-state index in [1.807, 2.05) is 0 Å². The van der Waals surface area contributed by atoms with Crippen molar-refractivity contribution in [1.29, 1.82) is 0 Å². The Bertz CT molecular complexity index is 534. The van der Waals surface area contributed by atoms with Crippen LogP contribution in [0.1, 0.15) is 6.42 Å². The normalized spacial score (nSPS) is 11.7. The number of anilines is 1. The number of carbonyl (C=O) groups is 2. The van der Waals surface area contributed by atoms with Crippen LogP contribution in [-0.2, 0) is 9.59 Å². The number of nitro benzene ring substituents is 1. The Morgan fingerprint density at radius 3 is 2.58 bits per heavy atom. The average Bonchev–Trinajstić information content (AvgIpc) is 2.27. The molecular formula is C10H11FN4O4. The number of hydrogen-bond acceptors (Lipinski definition) is 5. The summed E-state index contributed by atoms with van der Waals surface area (Å²) in [6, 6.07) is 1.67. The number of hydrogen-bond donors (Lipinski definition) is 3. The molecule has 0 fully saturated rings. The first-order chi connectivity index (χ1) is 8.81. The Labute approximate surface area is 106 Å². The molecule has 9 heteroatoms. The summed E-state index contributed by atoms with van der Waals surface area (Å²) in [4.78, 5) is 31.5. The molecule has 1 aromatic rings. The molecule has 0 aliphatic heterocycles. The molecule has 0 saturated heterocycles. The quantitative estimate of drug-likeness (QED) is 0.505. The molecule has 0 aliphatic rings. The minimum Gasteiger partial charge on any atom is -0.370 e. The van der Waals surface area contributed by atoms with Crippen molar-refractivity contribution in [2.24, 2.45) is 11.5 Å². The molecule has 0 aromatic heterocycles. The van der Waals surface area contributed by atoms with Crippen LogP contribution >= 0.6 is 0 Å². The van der Waals surface area contributed by atoms with Crippen LogP contribution in [0.3, 0.4) is 0 Å². The number of rotatable bonds is 5. The van der Waals surface area contributed by atoms with E-state index in [1.54, 1.807) is 0 Å².